The van der Waals surface area contributed by atoms with Crippen LogP contribution in [0.4, 0.5) is 14.5 Å². The van der Waals surface area contributed by atoms with E-state index < -0.39 is 11.6 Å². The van der Waals surface area contributed by atoms with E-state index in [0.29, 0.717) is 0 Å². The molecule has 0 saturated carbocycles. The molecule has 0 unspecified atom stereocenters. The molecule has 0 radical (unpaired) electrons. The number of anilines is 1. The summed E-state index contributed by atoms with van der Waals surface area (Å²) in [5.74, 6) is -1.11. The molecule has 0 N–H and O–H groups in total. The molecule has 0 aliphatic rings. The van der Waals surface area contributed by atoms with Crippen molar-refractivity contribution in [3.8, 4) is 5.75 Å². The maximum Gasteiger partial charge on any atom is 0.167 e. The smallest absolute Gasteiger partial charge is 0.167 e. The van der Waals surface area contributed by atoms with Gasteiger partial charge in [0.25, 0.3) is 0 Å². The van der Waals surface area contributed by atoms with Crippen LogP contribution in [0.5, 0.6) is 5.75 Å². The van der Waals surface area contributed by atoms with E-state index in [1.807, 2.05) is 13.8 Å². The fourth-order valence-electron chi connectivity index (χ4n) is 1.22. The molecule has 0 heterocycles. The first kappa shape index (κ1) is 11.8. The second-order valence-electron chi connectivity index (χ2n) is 3.64. The third-order valence-corrected chi connectivity index (χ3v) is 2.38. The van der Waals surface area contributed by atoms with Crippen molar-refractivity contribution < 1.29 is 13.5 Å². The van der Waals surface area contributed by atoms with Gasteiger partial charge in [0.1, 0.15) is 5.82 Å². The van der Waals surface area contributed by atoms with E-state index in [2.05, 4.69) is 4.74 Å². The Bertz CT molecular complexity index is 353. The maximum atomic E-state index is 13.5. The molecule has 1 aromatic carbocycles. The summed E-state index contributed by atoms with van der Waals surface area (Å²) >= 11 is 0. The standard InChI is InChI=1S/C11H15F2NO/c1-7(2)14(3)10-5-9(13)11(15-4)6-8(10)12/h5-7H,1-4H3. The first-order chi connectivity index (χ1) is 6.97. The molecule has 0 atom stereocenters. The van der Waals surface area contributed by atoms with E-state index in [1.165, 1.54) is 7.11 Å². The minimum absolute atomic E-state index is 0.0755. The molecule has 0 bridgehead atoms. The average Bonchev–Trinajstić information content (AvgIpc) is 2.19. The number of rotatable bonds is 3. The van der Waals surface area contributed by atoms with Crippen LogP contribution >= 0.6 is 0 Å². The van der Waals surface area contributed by atoms with Crippen molar-refractivity contribution in [2.24, 2.45) is 0 Å². The number of hydrogen-bond donors (Lipinski definition) is 0. The Hall–Kier alpha value is -1.32. The zero-order valence-corrected chi connectivity index (χ0v) is 9.34. The average molecular weight is 215 g/mol. The molecule has 15 heavy (non-hydrogen) atoms. The van der Waals surface area contributed by atoms with Crippen LogP contribution in [0.3, 0.4) is 0 Å². The minimum atomic E-state index is -0.554. The molecule has 0 aromatic heterocycles. The fourth-order valence-corrected chi connectivity index (χ4v) is 1.22. The Kier molecular flexibility index (Phi) is 3.50. The topological polar surface area (TPSA) is 12.5 Å². The van der Waals surface area contributed by atoms with Gasteiger partial charge < -0.3 is 9.64 Å². The van der Waals surface area contributed by atoms with Crippen molar-refractivity contribution in [2.75, 3.05) is 19.1 Å². The Morgan fingerprint density at radius 2 is 1.80 bits per heavy atom. The third kappa shape index (κ3) is 2.37. The maximum absolute atomic E-state index is 13.5. The van der Waals surface area contributed by atoms with Crippen molar-refractivity contribution in [3.63, 3.8) is 0 Å². The number of hydrogen-bond acceptors (Lipinski definition) is 2. The summed E-state index contributed by atoms with van der Waals surface area (Å²) in [6.45, 7) is 3.81. The zero-order chi connectivity index (χ0) is 11.6. The molecule has 0 fully saturated rings. The van der Waals surface area contributed by atoms with Gasteiger partial charge in [0, 0.05) is 25.2 Å². The van der Waals surface area contributed by atoms with Crippen LogP contribution in [0.15, 0.2) is 12.1 Å². The largest absolute Gasteiger partial charge is 0.494 e. The summed E-state index contributed by atoms with van der Waals surface area (Å²) in [6.07, 6.45) is 0. The molecule has 2 nitrogen and oxygen atoms in total. The summed E-state index contributed by atoms with van der Waals surface area (Å²) < 4.78 is 31.6. The first-order valence-corrected chi connectivity index (χ1v) is 4.73. The predicted molar refractivity (Wildman–Crippen MR) is 56.4 cm³/mol. The van der Waals surface area contributed by atoms with E-state index in [9.17, 15) is 8.78 Å². The number of ether oxygens (including phenoxy) is 1. The van der Waals surface area contributed by atoms with Gasteiger partial charge in [-0.2, -0.15) is 0 Å². The lowest BCUT2D eigenvalue weighted by Gasteiger charge is -2.24. The van der Waals surface area contributed by atoms with Gasteiger partial charge in [-0.3, -0.25) is 0 Å². The van der Waals surface area contributed by atoms with E-state index in [-0.39, 0.29) is 17.5 Å². The van der Waals surface area contributed by atoms with Gasteiger partial charge in [0.2, 0.25) is 0 Å². The molecule has 0 amide bonds. The van der Waals surface area contributed by atoms with Gasteiger partial charge >= 0.3 is 0 Å². The Balaban J connectivity index is 3.15. The number of nitrogens with zero attached hydrogens (tertiary/aromatic N) is 1. The minimum Gasteiger partial charge on any atom is -0.494 e. The zero-order valence-electron chi connectivity index (χ0n) is 9.34. The molecule has 84 valence electrons. The fraction of sp³-hybridized carbons (Fsp3) is 0.455. The monoisotopic (exact) mass is 215 g/mol. The van der Waals surface area contributed by atoms with Crippen molar-refractivity contribution in [3.05, 3.63) is 23.8 Å². The summed E-state index contributed by atoms with van der Waals surface area (Å²) in [7, 11) is 3.03. The molecule has 0 saturated heterocycles. The molecule has 4 heteroatoms. The van der Waals surface area contributed by atoms with Crippen molar-refractivity contribution in [1.82, 2.24) is 0 Å². The number of halogens is 2. The van der Waals surface area contributed by atoms with E-state index in [0.717, 1.165) is 12.1 Å². The summed E-state index contributed by atoms with van der Waals surface area (Å²) in [4.78, 5) is 1.66. The van der Waals surface area contributed by atoms with Gasteiger partial charge in [-0.05, 0) is 13.8 Å². The van der Waals surface area contributed by atoms with E-state index in [1.54, 1.807) is 11.9 Å². The van der Waals surface area contributed by atoms with Gasteiger partial charge in [-0.1, -0.05) is 0 Å². The van der Waals surface area contributed by atoms with Crippen LogP contribution < -0.4 is 9.64 Å². The van der Waals surface area contributed by atoms with E-state index in [4.69, 9.17) is 0 Å². The van der Waals surface area contributed by atoms with Crippen LogP contribution in [0.2, 0.25) is 0 Å². The highest BCUT2D eigenvalue weighted by Crippen LogP contribution is 2.27. The normalized spacial score (nSPS) is 10.6. The third-order valence-electron chi connectivity index (χ3n) is 2.38. The van der Waals surface area contributed by atoms with Crippen molar-refractivity contribution >= 4 is 5.69 Å². The highest BCUT2D eigenvalue weighted by atomic mass is 19.1. The van der Waals surface area contributed by atoms with Crippen LogP contribution in [0.25, 0.3) is 0 Å². The van der Waals surface area contributed by atoms with E-state index >= 15 is 0 Å². The lowest BCUT2D eigenvalue weighted by Crippen LogP contribution is -2.26. The van der Waals surface area contributed by atoms with Gasteiger partial charge in [-0.15, -0.1) is 0 Å². The Labute approximate surface area is 88.5 Å². The summed E-state index contributed by atoms with van der Waals surface area (Å²) in [5, 5.41) is 0. The Morgan fingerprint density at radius 1 is 1.20 bits per heavy atom. The molecule has 1 aromatic rings. The Morgan fingerprint density at radius 3 is 2.27 bits per heavy atom. The van der Waals surface area contributed by atoms with Gasteiger partial charge in [0.05, 0.1) is 12.8 Å². The predicted octanol–water partition coefficient (Wildman–Crippen LogP) is 2.82. The number of methoxy groups -OCH3 is 1. The van der Waals surface area contributed by atoms with Crippen LogP contribution in [-0.2, 0) is 0 Å². The van der Waals surface area contributed by atoms with Crippen LogP contribution in [0, 0.1) is 11.6 Å². The molecule has 0 aliphatic heterocycles. The highest BCUT2D eigenvalue weighted by molar-refractivity contribution is 5.51. The SMILES string of the molecule is COc1cc(F)c(N(C)C(C)C)cc1F. The first-order valence-electron chi connectivity index (χ1n) is 4.73. The lowest BCUT2D eigenvalue weighted by molar-refractivity contribution is 0.382. The van der Waals surface area contributed by atoms with Gasteiger partial charge in [-0.25, -0.2) is 8.78 Å². The summed E-state index contributed by atoms with van der Waals surface area (Å²) in [6, 6.07) is 2.31. The van der Waals surface area contributed by atoms with Crippen molar-refractivity contribution in [2.45, 2.75) is 19.9 Å². The highest BCUT2D eigenvalue weighted by Gasteiger charge is 2.15. The second-order valence-corrected chi connectivity index (χ2v) is 3.64. The molecule has 1 rings (SSSR count). The second kappa shape index (κ2) is 4.47. The van der Waals surface area contributed by atoms with Crippen LogP contribution in [0.1, 0.15) is 13.8 Å². The van der Waals surface area contributed by atoms with Crippen LogP contribution in [-0.4, -0.2) is 20.2 Å². The molecule has 0 aliphatic carbocycles. The number of benzene rings is 1. The summed E-state index contributed by atoms with van der Waals surface area (Å²) in [5.41, 5.74) is 0.239. The quantitative estimate of drug-likeness (QED) is 0.768. The van der Waals surface area contributed by atoms with Gasteiger partial charge in [0.15, 0.2) is 11.6 Å². The van der Waals surface area contributed by atoms with Crippen molar-refractivity contribution in [1.29, 1.82) is 0 Å². The molecule has 0 spiro atoms. The lowest BCUT2D eigenvalue weighted by atomic mass is 10.2. The molecular weight excluding hydrogens is 200 g/mol. The molecular formula is C11H15F2NO.